The van der Waals surface area contributed by atoms with E-state index in [1.165, 1.54) is 28.3 Å². The number of pyridine rings is 1. The number of H-pyrrole nitrogens is 1. The molecule has 1 aliphatic carbocycles. The first-order valence-electron chi connectivity index (χ1n) is 17.0. The van der Waals surface area contributed by atoms with Gasteiger partial charge in [-0.15, -0.1) is 11.3 Å². The number of phenolic OH excluding ortho intramolecular Hbond substituents is 1. The lowest BCUT2D eigenvalue weighted by molar-refractivity contribution is -0.122. The highest BCUT2D eigenvalue weighted by molar-refractivity contribution is 7.11. The maximum atomic E-state index is 12.1. The van der Waals surface area contributed by atoms with Gasteiger partial charge in [0, 0.05) is 59.7 Å². The SMILES string of the molecule is CN(CCc1cnc([C@](O)(c2ccccc2)C2CCCCC2)o1)Cc1ccc(CCNC[C@H](O)c2ccc(O)c3[nH]c(=O)ccc23)s1.O=CO. The van der Waals surface area contributed by atoms with Crippen molar-refractivity contribution < 1.29 is 29.6 Å². The van der Waals surface area contributed by atoms with Crippen molar-refractivity contribution in [2.45, 2.75) is 63.2 Å². The molecule has 6 rings (SSSR count). The number of nitrogens with one attached hydrogen (secondary N) is 2. The average Bonchev–Trinajstić information content (AvgIpc) is 3.80. The van der Waals surface area contributed by atoms with Crippen molar-refractivity contribution in [3.8, 4) is 5.75 Å². The van der Waals surface area contributed by atoms with Gasteiger partial charge in [0.2, 0.25) is 11.4 Å². The third-order valence-electron chi connectivity index (χ3n) is 9.32. The molecule has 0 radical (unpaired) electrons. The number of nitrogens with zero attached hydrogens (tertiary/aromatic N) is 2. The number of rotatable bonds is 14. The molecule has 0 spiro atoms. The number of fused-ring (bicyclic) bond motifs is 1. The number of aromatic nitrogens is 2. The summed E-state index contributed by atoms with van der Waals surface area (Å²) in [5, 5.41) is 43.8. The monoisotopic (exact) mass is 702 g/mol. The lowest BCUT2D eigenvalue weighted by Gasteiger charge is -2.36. The van der Waals surface area contributed by atoms with E-state index in [0.29, 0.717) is 41.9 Å². The zero-order valence-corrected chi connectivity index (χ0v) is 29.1. The van der Waals surface area contributed by atoms with Crippen LogP contribution in [0.25, 0.3) is 10.9 Å². The molecule has 266 valence electrons. The van der Waals surface area contributed by atoms with E-state index in [9.17, 15) is 20.1 Å². The molecule has 0 unspecified atom stereocenters. The van der Waals surface area contributed by atoms with Crippen LogP contribution in [-0.4, -0.2) is 68.4 Å². The molecule has 2 aromatic carbocycles. The predicted molar refractivity (Wildman–Crippen MR) is 193 cm³/mol. The minimum Gasteiger partial charge on any atom is -0.506 e. The highest BCUT2D eigenvalue weighted by Gasteiger charge is 2.44. The zero-order valence-electron chi connectivity index (χ0n) is 28.3. The number of aliphatic hydroxyl groups excluding tert-OH is 1. The highest BCUT2D eigenvalue weighted by Crippen LogP contribution is 2.43. The van der Waals surface area contributed by atoms with Crippen molar-refractivity contribution in [1.82, 2.24) is 20.2 Å². The first-order valence-corrected chi connectivity index (χ1v) is 17.8. The van der Waals surface area contributed by atoms with E-state index in [2.05, 4.69) is 39.4 Å². The molecule has 0 aliphatic heterocycles. The van der Waals surface area contributed by atoms with Gasteiger partial charge in [0.1, 0.15) is 11.5 Å². The van der Waals surface area contributed by atoms with Crippen LogP contribution in [0.3, 0.4) is 0 Å². The van der Waals surface area contributed by atoms with Gasteiger partial charge in [0.25, 0.3) is 6.47 Å². The third-order valence-corrected chi connectivity index (χ3v) is 10.5. The van der Waals surface area contributed by atoms with Gasteiger partial charge in [0.15, 0.2) is 5.60 Å². The largest absolute Gasteiger partial charge is 0.506 e. The third kappa shape index (κ3) is 9.06. The van der Waals surface area contributed by atoms with Crippen molar-refractivity contribution in [2.24, 2.45) is 5.92 Å². The molecule has 1 saturated carbocycles. The Hall–Kier alpha value is -4.33. The lowest BCUT2D eigenvalue weighted by Crippen LogP contribution is -2.38. The van der Waals surface area contributed by atoms with Gasteiger partial charge in [0.05, 0.1) is 17.8 Å². The Morgan fingerprint density at radius 3 is 2.56 bits per heavy atom. The van der Waals surface area contributed by atoms with Crippen LogP contribution in [0.1, 0.15) is 70.7 Å². The fourth-order valence-corrected chi connectivity index (χ4v) is 7.84. The molecule has 6 N–H and O–H groups in total. The summed E-state index contributed by atoms with van der Waals surface area (Å²) in [6.45, 7) is 2.44. The second kappa shape index (κ2) is 17.6. The van der Waals surface area contributed by atoms with Gasteiger partial charge >= 0.3 is 0 Å². The van der Waals surface area contributed by atoms with Crippen LogP contribution in [0.4, 0.5) is 0 Å². The number of carboxylic acid groups (broad SMARTS) is 1. The molecule has 3 aromatic heterocycles. The molecule has 1 aliphatic rings. The highest BCUT2D eigenvalue weighted by atomic mass is 32.1. The molecule has 0 saturated heterocycles. The maximum absolute atomic E-state index is 12.1. The number of hydrogen-bond acceptors (Lipinski definition) is 10. The summed E-state index contributed by atoms with van der Waals surface area (Å²) in [5.74, 6) is 1.26. The van der Waals surface area contributed by atoms with E-state index in [1.54, 1.807) is 29.7 Å². The zero-order chi connectivity index (χ0) is 35.5. The smallest absolute Gasteiger partial charge is 0.290 e. The molecule has 11 nitrogen and oxygen atoms in total. The van der Waals surface area contributed by atoms with Crippen LogP contribution in [-0.2, 0) is 29.8 Å². The lowest BCUT2D eigenvalue weighted by atomic mass is 9.73. The molecule has 12 heteroatoms. The summed E-state index contributed by atoms with van der Waals surface area (Å²) in [6, 6.07) is 20.4. The Balaban J connectivity index is 0.00000156. The summed E-state index contributed by atoms with van der Waals surface area (Å²) in [7, 11) is 2.10. The van der Waals surface area contributed by atoms with Crippen molar-refractivity contribution >= 4 is 28.7 Å². The normalized spacial score (nSPS) is 15.4. The van der Waals surface area contributed by atoms with E-state index in [1.807, 2.05) is 30.3 Å². The second-order valence-electron chi connectivity index (χ2n) is 12.8. The molecular formula is C38H46N4O7S. The van der Waals surface area contributed by atoms with Crippen molar-refractivity contribution in [3.63, 3.8) is 0 Å². The van der Waals surface area contributed by atoms with Gasteiger partial charge in [-0.2, -0.15) is 0 Å². The average molecular weight is 703 g/mol. The Labute approximate surface area is 295 Å². The molecule has 1 fully saturated rings. The number of hydrogen-bond donors (Lipinski definition) is 6. The van der Waals surface area contributed by atoms with Gasteiger partial charge in [-0.3, -0.25) is 9.59 Å². The summed E-state index contributed by atoms with van der Waals surface area (Å²) in [6.07, 6.45) is 7.92. The molecule has 0 amide bonds. The number of phenols is 1. The first-order chi connectivity index (χ1) is 24.2. The van der Waals surface area contributed by atoms with Crippen LogP contribution < -0.4 is 10.9 Å². The van der Waals surface area contributed by atoms with Gasteiger partial charge < -0.3 is 40.0 Å². The summed E-state index contributed by atoms with van der Waals surface area (Å²) < 4.78 is 6.26. The van der Waals surface area contributed by atoms with Crippen LogP contribution in [0, 0.1) is 5.92 Å². The second-order valence-corrected chi connectivity index (χ2v) is 14.1. The van der Waals surface area contributed by atoms with Crippen LogP contribution >= 0.6 is 11.3 Å². The number of aliphatic hydroxyl groups is 2. The van der Waals surface area contributed by atoms with Crippen LogP contribution in [0.5, 0.6) is 5.75 Å². The van der Waals surface area contributed by atoms with Gasteiger partial charge in [-0.1, -0.05) is 55.7 Å². The Morgan fingerprint density at radius 2 is 1.80 bits per heavy atom. The number of aromatic hydroxyl groups is 1. The number of thiophene rings is 1. The summed E-state index contributed by atoms with van der Waals surface area (Å²) in [4.78, 5) is 32.1. The molecule has 0 bridgehead atoms. The van der Waals surface area contributed by atoms with Crippen molar-refractivity contribution in [2.75, 3.05) is 26.7 Å². The van der Waals surface area contributed by atoms with E-state index in [4.69, 9.17) is 14.3 Å². The maximum Gasteiger partial charge on any atom is 0.290 e. The van der Waals surface area contributed by atoms with Crippen molar-refractivity contribution in [3.05, 3.63) is 116 Å². The number of aromatic amines is 1. The topological polar surface area (TPSA) is 172 Å². The molecule has 50 heavy (non-hydrogen) atoms. The van der Waals surface area contributed by atoms with E-state index in [-0.39, 0.29) is 23.7 Å². The van der Waals surface area contributed by atoms with Crippen molar-refractivity contribution in [1.29, 1.82) is 0 Å². The number of oxazole rings is 1. The quantitative estimate of drug-likeness (QED) is 0.0656. The standard InChI is InChI=1S/C37H44N4O5S.CH2O2/c1-41(21-19-27-22-39-36(46-27)37(45,25-8-4-2-5-9-25)26-10-6-3-7-11-26)24-29-13-12-28(47-29)18-20-38-23-33(43)30-14-16-32(42)35-31(30)15-17-34(44)40-35;2-1-3/h2,4-5,8-9,12-17,22,26,33,38,42-43,45H,3,6-7,10-11,18-21,23-24H2,1H3,(H,40,44);1H,(H,2,3)/t33-,37-;/m0./s1. The first kappa shape index (κ1) is 36.9. The Bertz CT molecular complexity index is 1870. The number of carbonyl (C=O) groups is 1. The molecule has 3 heterocycles. The van der Waals surface area contributed by atoms with E-state index in [0.717, 1.165) is 56.5 Å². The fraction of sp³-hybridized carbons (Fsp3) is 0.395. The number of benzene rings is 2. The molecule has 5 aromatic rings. The summed E-state index contributed by atoms with van der Waals surface area (Å²) in [5.41, 5.74) is 0.321. The Morgan fingerprint density at radius 1 is 1.06 bits per heavy atom. The molecule has 2 atom stereocenters. The summed E-state index contributed by atoms with van der Waals surface area (Å²) >= 11 is 1.79. The predicted octanol–water partition coefficient (Wildman–Crippen LogP) is 5.34. The number of likely N-dealkylation sites (N-methyl/N-ethyl adjacent to an activating group) is 1. The van der Waals surface area contributed by atoms with Crippen LogP contribution in [0.15, 0.2) is 82.1 Å². The minimum atomic E-state index is -1.21. The van der Waals surface area contributed by atoms with Gasteiger partial charge in [-0.05, 0) is 61.7 Å². The Kier molecular flexibility index (Phi) is 13.0. The van der Waals surface area contributed by atoms with E-state index >= 15 is 0 Å². The fourth-order valence-electron chi connectivity index (χ4n) is 6.74. The molecular weight excluding hydrogens is 657 g/mol. The van der Waals surface area contributed by atoms with E-state index < -0.39 is 11.7 Å². The van der Waals surface area contributed by atoms with Crippen LogP contribution in [0.2, 0.25) is 0 Å². The minimum absolute atomic E-state index is 0.0192. The van der Waals surface area contributed by atoms with Gasteiger partial charge in [-0.25, -0.2) is 4.98 Å².